The maximum absolute atomic E-state index is 5.55. The Hall–Kier alpha value is -0.660. The number of hydrogen-bond acceptors (Lipinski definition) is 5. The highest BCUT2D eigenvalue weighted by molar-refractivity contribution is 7.59. The molecular weight excluding hydrogens is 242 g/mol. The number of nitrogens with zero attached hydrogens (tertiary/aromatic N) is 3. The first kappa shape index (κ1) is 13.4. The van der Waals surface area contributed by atoms with Gasteiger partial charge < -0.3 is 16.0 Å². The molecule has 90 valence electrons. The van der Waals surface area contributed by atoms with E-state index in [-0.39, 0.29) is 27.0 Å². The number of nitrogen functional groups attached to an aromatic ring is 1. The van der Waals surface area contributed by atoms with E-state index in [1.807, 2.05) is 6.07 Å². The highest BCUT2D eigenvalue weighted by Crippen LogP contribution is 2.26. The van der Waals surface area contributed by atoms with E-state index in [9.17, 15) is 0 Å². The predicted molar refractivity (Wildman–Crippen MR) is 74.7 cm³/mol. The number of aromatic nitrogens is 2. The third-order valence-corrected chi connectivity index (χ3v) is 3.07. The lowest BCUT2D eigenvalue weighted by atomic mass is 9.96. The van der Waals surface area contributed by atoms with E-state index >= 15 is 0 Å². The van der Waals surface area contributed by atoms with Gasteiger partial charge in [0.05, 0.1) is 0 Å². The molecule has 2 atom stereocenters. The van der Waals surface area contributed by atoms with E-state index in [1.54, 1.807) is 6.20 Å². The minimum Gasteiger partial charge on any atom is -0.368 e. The molecule has 5 nitrogen and oxygen atoms in total. The lowest BCUT2D eigenvalue weighted by Crippen LogP contribution is -2.51. The van der Waals surface area contributed by atoms with Crippen LogP contribution in [0, 0.1) is 5.92 Å². The minimum absolute atomic E-state index is 0. The van der Waals surface area contributed by atoms with E-state index in [1.165, 1.54) is 0 Å². The zero-order chi connectivity index (χ0) is 9.54. The first-order chi connectivity index (χ1) is 6.83. The molecule has 7 heteroatoms. The maximum Gasteiger partial charge on any atom is 0.221 e. The molecule has 0 radical (unpaired) electrons. The summed E-state index contributed by atoms with van der Waals surface area (Å²) in [5.41, 5.74) is 5.55. The SMILES string of the molecule is Nc1nccc(N2C[C@@H]3CN[C@@H]3C2)n1.S.S. The minimum atomic E-state index is 0. The second-order valence-corrected chi connectivity index (χ2v) is 3.95. The average Bonchev–Trinajstić information content (AvgIpc) is 2.43. The summed E-state index contributed by atoms with van der Waals surface area (Å²) >= 11 is 0. The molecule has 0 spiro atoms. The largest absolute Gasteiger partial charge is 0.368 e. The van der Waals surface area contributed by atoms with Gasteiger partial charge in [0.15, 0.2) is 0 Å². The van der Waals surface area contributed by atoms with Crippen LogP contribution >= 0.6 is 27.0 Å². The van der Waals surface area contributed by atoms with E-state index in [0.29, 0.717) is 12.0 Å². The Bertz CT molecular complexity index is 350. The van der Waals surface area contributed by atoms with Crippen molar-refractivity contribution in [3.05, 3.63) is 12.3 Å². The van der Waals surface area contributed by atoms with Crippen LogP contribution in [0.15, 0.2) is 12.3 Å². The maximum atomic E-state index is 5.55. The molecule has 0 saturated carbocycles. The highest BCUT2D eigenvalue weighted by atomic mass is 32.1. The van der Waals surface area contributed by atoms with Crippen molar-refractivity contribution < 1.29 is 0 Å². The normalized spacial score (nSPS) is 26.1. The summed E-state index contributed by atoms with van der Waals surface area (Å²) in [4.78, 5) is 10.4. The van der Waals surface area contributed by atoms with Gasteiger partial charge in [-0.15, -0.1) is 0 Å². The second-order valence-electron chi connectivity index (χ2n) is 3.95. The van der Waals surface area contributed by atoms with Gasteiger partial charge in [-0.3, -0.25) is 0 Å². The summed E-state index contributed by atoms with van der Waals surface area (Å²) < 4.78 is 0. The lowest BCUT2D eigenvalue weighted by molar-refractivity contribution is 0.297. The molecule has 3 heterocycles. The quantitative estimate of drug-likeness (QED) is 0.724. The molecule has 2 aliphatic heterocycles. The number of fused-ring (bicyclic) bond motifs is 1. The molecule has 3 N–H and O–H groups in total. The van der Waals surface area contributed by atoms with Gasteiger partial charge in [0, 0.05) is 37.8 Å². The molecule has 1 aromatic rings. The molecule has 0 aromatic carbocycles. The van der Waals surface area contributed by atoms with Crippen LogP contribution in [0.5, 0.6) is 0 Å². The summed E-state index contributed by atoms with van der Waals surface area (Å²) in [7, 11) is 0. The first-order valence-corrected chi connectivity index (χ1v) is 4.90. The van der Waals surface area contributed by atoms with Gasteiger partial charge in [-0.05, 0) is 6.07 Å². The Morgan fingerprint density at radius 3 is 2.69 bits per heavy atom. The fourth-order valence-electron chi connectivity index (χ4n) is 2.18. The number of rotatable bonds is 1. The van der Waals surface area contributed by atoms with Crippen LogP contribution in [0.1, 0.15) is 0 Å². The van der Waals surface area contributed by atoms with Crippen LogP contribution in [-0.4, -0.2) is 35.6 Å². The molecule has 0 unspecified atom stereocenters. The Balaban J connectivity index is 0.000000640. The van der Waals surface area contributed by atoms with Gasteiger partial charge in [0.1, 0.15) is 5.82 Å². The van der Waals surface area contributed by atoms with Crippen molar-refractivity contribution in [1.29, 1.82) is 0 Å². The molecule has 0 aliphatic carbocycles. The molecule has 16 heavy (non-hydrogen) atoms. The lowest BCUT2D eigenvalue weighted by Gasteiger charge is -2.29. The van der Waals surface area contributed by atoms with E-state index in [0.717, 1.165) is 31.4 Å². The molecule has 1 aromatic heterocycles. The molecule has 0 bridgehead atoms. The molecule has 0 amide bonds. The Kier molecular flexibility index (Phi) is 4.28. The zero-order valence-electron chi connectivity index (χ0n) is 8.85. The van der Waals surface area contributed by atoms with Gasteiger partial charge >= 0.3 is 0 Å². The summed E-state index contributed by atoms with van der Waals surface area (Å²) in [5.74, 6) is 2.11. The van der Waals surface area contributed by atoms with Crippen LogP contribution in [0.4, 0.5) is 11.8 Å². The first-order valence-electron chi connectivity index (χ1n) is 4.90. The van der Waals surface area contributed by atoms with Crippen LogP contribution in [0.2, 0.25) is 0 Å². The molecule has 3 rings (SSSR count). The Morgan fingerprint density at radius 2 is 2.19 bits per heavy atom. The van der Waals surface area contributed by atoms with Crippen LogP contribution in [-0.2, 0) is 0 Å². The number of hydrogen-bond donors (Lipinski definition) is 2. The fourth-order valence-corrected chi connectivity index (χ4v) is 2.18. The summed E-state index contributed by atoms with van der Waals surface area (Å²) in [6, 6.07) is 2.58. The molecular formula is C9H17N5S2. The summed E-state index contributed by atoms with van der Waals surface area (Å²) in [5, 5.41) is 3.41. The van der Waals surface area contributed by atoms with Crippen molar-refractivity contribution in [2.24, 2.45) is 5.92 Å². The van der Waals surface area contributed by atoms with Crippen molar-refractivity contribution in [2.75, 3.05) is 30.3 Å². The summed E-state index contributed by atoms with van der Waals surface area (Å²) in [6.45, 7) is 3.27. The van der Waals surface area contributed by atoms with Gasteiger partial charge in [0.2, 0.25) is 5.95 Å². The van der Waals surface area contributed by atoms with Crippen molar-refractivity contribution in [1.82, 2.24) is 15.3 Å². The van der Waals surface area contributed by atoms with Crippen molar-refractivity contribution in [3.63, 3.8) is 0 Å². The second kappa shape index (κ2) is 5.11. The Labute approximate surface area is 109 Å². The molecule has 2 saturated heterocycles. The third-order valence-electron chi connectivity index (χ3n) is 3.07. The zero-order valence-corrected chi connectivity index (χ0v) is 10.8. The Morgan fingerprint density at radius 1 is 1.38 bits per heavy atom. The van der Waals surface area contributed by atoms with E-state index in [4.69, 9.17) is 5.73 Å². The van der Waals surface area contributed by atoms with Crippen LogP contribution < -0.4 is 16.0 Å². The number of nitrogens with one attached hydrogen (secondary N) is 1. The monoisotopic (exact) mass is 259 g/mol. The topological polar surface area (TPSA) is 67.1 Å². The fraction of sp³-hybridized carbons (Fsp3) is 0.556. The van der Waals surface area contributed by atoms with Gasteiger partial charge in [-0.2, -0.15) is 32.0 Å². The summed E-state index contributed by atoms with van der Waals surface area (Å²) in [6.07, 6.45) is 1.71. The third kappa shape index (κ3) is 2.21. The molecule has 2 fully saturated rings. The van der Waals surface area contributed by atoms with E-state index in [2.05, 4.69) is 20.2 Å². The smallest absolute Gasteiger partial charge is 0.221 e. The average molecular weight is 259 g/mol. The van der Waals surface area contributed by atoms with Crippen molar-refractivity contribution in [2.45, 2.75) is 6.04 Å². The van der Waals surface area contributed by atoms with Gasteiger partial charge in [-0.25, -0.2) is 4.98 Å². The standard InChI is InChI=1S/C9H13N5.2H2S/c10-9-11-2-1-8(13-9)14-4-6-3-12-7(6)5-14;;/h1-2,6-7,12H,3-5H2,(H2,10,11,13);2*1H2/t6-,7+;;/m0../s1. The predicted octanol–water partition coefficient (Wildman–Crippen LogP) is -0.308. The number of anilines is 2. The van der Waals surface area contributed by atoms with Crippen LogP contribution in [0.3, 0.4) is 0 Å². The van der Waals surface area contributed by atoms with Crippen molar-refractivity contribution >= 4 is 38.8 Å². The highest BCUT2D eigenvalue weighted by Gasteiger charge is 2.39. The van der Waals surface area contributed by atoms with Gasteiger partial charge in [-0.1, -0.05) is 0 Å². The van der Waals surface area contributed by atoms with Crippen molar-refractivity contribution in [3.8, 4) is 0 Å². The van der Waals surface area contributed by atoms with E-state index < -0.39 is 0 Å². The number of nitrogens with two attached hydrogens (primary N) is 1. The molecule has 2 aliphatic rings. The van der Waals surface area contributed by atoms with Gasteiger partial charge in [0.25, 0.3) is 0 Å². The van der Waals surface area contributed by atoms with Crippen LogP contribution in [0.25, 0.3) is 0 Å².